The summed E-state index contributed by atoms with van der Waals surface area (Å²) in [4.78, 5) is 38.4. The molecule has 0 radical (unpaired) electrons. The molecule has 4 rings (SSSR count). The van der Waals surface area contributed by atoms with Crippen LogP contribution in [0.3, 0.4) is 0 Å². The van der Waals surface area contributed by atoms with E-state index < -0.39 is 23.7 Å². The first-order chi connectivity index (χ1) is 17.9. The van der Waals surface area contributed by atoms with Crippen LogP contribution in [0.1, 0.15) is 38.3 Å². The van der Waals surface area contributed by atoms with E-state index in [0.29, 0.717) is 36.7 Å². The molecule has 0 aromatic heterocycles. The summed E-state index contributed by atoms with van der Waals surface area (Å²) in [5.74, 6) is -0.0170. The van der Waals surface area contributed by atoms with Crippen LogP contribution < -0.4 is 9.47 Å². The van der Waals surface area contributed by atoms with Gasteiger partial charge in [-0.2, -0.15) is 0 Å². The number of thioether (sulfide) groups is 1. The van der Waals surface area contributed by atoms with E-state index in [-0.39, 0.29) is 11.0 Å². The second kappa shape index (κ2) is 12.0. The van der Waals surface area contributed by atoms with E-state index in [4.69, 9.17) is 14.2 Å². The number of fused-ring (bicyclic) bond motifs is 1. The second-order valence-electron chi connectivity index (χ2n) is 8.59. The summed E-state index contributed by atoms with van der Waals surface area (Å²) >= 11 is 0.794. The smallest absolute Gasteiger partial charge is 0.326 e. The number of rotatable bonds is 10. The largest absolute Gasteiger partial charge is 0.490 e. The van der Waals surface area contributed by atoms with Crippen molar-refractivity contribution in [3.63, 3.8) is 0 Å². The van der Waals surface area contributed by atoms with Gasteiger partial charge in [-0.25, -0.2) is 0 Å². The summed E-state index contributed by atoms with van der Waals surface area (Å²) in [6.45, 7) is 5.93. The van der Waals surface area contributed by atoms with Gasteiger partial charge < -0.3 is 14.2 Å². The van der Waals surface area contributed by atoms with E-state index in [1.54, 1.807) is 31.2 Å². The van der Waals surface area contributed by atoms with Gasteiger partial charge >= 0.3 is 5.97 Å². The summed E-state index contributed by atoms with van der Waals surface area (Å²) in [7, 11) is 0. The molecule has 0 saturated carbocycles. The number of hydrogen-bond donors (Lipinski definition) is 0. The predicted octanol–water partition coefficient (Wildman–Crippen LogP) is 6.20. The first-order valence-corrected chi connectivity index (χ1v) is 13.0. The molecule has 0 unspecified atom stereocenters. The quantitative estimate of drug-likeness (QED) is 0.233. The van der Waals surface area contributed by atoms with Crippen LogP contribution in [0.5, 0.6) is 11.5 Å². The summed E-state index contributed by atoms with van der Waals surface area (Å²) < 4.78 is 17.0. The Bertz CT molecular complexity index is 1350. The Morgan fingerprint density at radius 3 is 2.51 bits per heavy atom. The fourth-order valence-corrected chi connectivity index (χ4v) is 4.59. The molecular formula is C29H29NO6S. The van der Waals surface area contributed by atoms with Crippen LogP contribution >= 0.6 is 11.8 Å². The van der Waals surface area contributed by atoms with Gasteiger partial charge in [0.25, 0.3) is 11.1 Å². The molecule has 192 valence electrons. The minimum Gasteiger partial charge on any atom is -0.490 e. The Hall–Kier alpha value is -3.78. The molecule has 8 heteroatoms. The molecule has 2 amide bonds. The fraction of sp³-hybridized carbons (Fsp3) is 0.276. The van der Waals surface area contributed by atoms with Crippen molar-refractivity contribution in [2.24, 2.45) is 0 Å². The normalized spacial score (nSPS) is 15.3. The number of amides is 2. The Kier molecular flexibility index (Phi) is 8.50. The van der Waals surface area contributed by atoms with Crippen molar-refractivity contribution in [1.29, 1.82) is 0 Å². The van der Waals surface area contributed by atoms with Crippen LogP contribution in [0, 0.1) is 0 Å². The lowest BCUT2D eigenvalue weighted by molar-refractivity contribution is -0.150. The zero-order chi connectivity index (χ0) is 26.4. The third-order valence-corrected chi connectivity index (χ3v) is 6.75. The Labute approximate surface area is 220 Å². The van der Waals surface area contributed by atoms with Crippen molar-refractivity contribution in [2.75, 3.05) is 13.2 Å². The van der Waals surface area contributed by atoms with Crippen molar-refractivity contribution in [3.05, 3.63) is 76.7 Å². The lowest BCUT2D eigenvalue weighted by Crippen LogP contribution is -2.35. The lowest BCUT2D eigenvalue weighted by Gasteiger charge is -2.15. The van der Waals surface area contributed by atoms with E-state index in [0.717, 1.165) is 27.6 Å². The highest BCUT2D eigenvalue weighted by atomic mass is 32.2. The molecule has 1 aliphatic rings. The van der Waals surface area contributed by atoms with Gasteiger partial charge in [0.1, 0.15) is 13.2 Å². The Balaban J connectivity index is 1.47. The average Bonchev–Trinajstić information content (AvgIpc) is 3.15. The number of carbonyl (C=O) groups is 3. The van der Waals surface area contributed by atoms with Crippen LogP contribution in [0.25, 0.3) is 16.8 Å². The molecule has 0 spiro atoms. The molecule has 1 fully saturated rings. The highest BCUT2D eigenvalue weighted by Gasteiger charge is 2.36. The number of imide groups is 1. The SMILES string of the molecule is CCOc1cc(/C=C2/SC(=O)N(CC(=O)O[C@@H](C)CC)C2=O)ccc1OCc1ccc2ccccc2c1. The van der Waals surface area contributed by atoms with Crippen LogP contribution in [0.15, 0.2) is 65.6 Å². The molecule has 37 heavy (non-hydrogen) atoms. The number of benzene rings is 3. The Morgan fingerprint density at radius 1 is 0.973 bits per heavy atom. The monoisotopic (exact) mass is 519 g/mol. The van der Waals surface area contributed by atoms with Gasteiger partial charge in [0.15, 0.2) is 11.5 Å². The highest BCUT2D eigenvalue weighted by molar-refractivity contribution is 8.18. The van der Waals surface area contributed by atoms with Crippen molar-refractivity contribution in [3.8, 4) is 11.5 Å². The van der Waals surface area contributed by atoms with Gasteiger partial charge in [0, 0.05) is 0 Å². The maximum absolute atomic E-state index is 12.8. The standard InChI is InChI=1S/C29H29NO6S/c1-4-19(3)36-27(31)17-30-28(32)26(37-29(30)33)16-20-11-13-24(25(15-20)34-5-2)35-18-21-10-12-22-8-6-7-9-23(22)14-21/h6-16,19H,4-5,17-18H2,1-3H3/b26-16+/t19-/m0/s1. The molecule has 7 nitrogen and oxygen atoms in total. The van der Waals surface area contributed by atoms with Crippen molar-refractivity contribution in [2.45, 2.75) is 39.9 Å². The predicted molar refractivity (Wildman–Crippen MR) is 144 cm³/mol. The second-order valence-corrected chi connectivity index (χ2v) is 9.58. The van der Waals surface area contributed by atoms with Crippen molar-refractivity contribution >= 4 is 45.7 Å². The van der Waals surface area contributed by atoms with Crippen LogP contribution in [-0.4, -0.2) is 41.3 Å². The van der Waals surface area contributed by atoms with Gasteiger partial charge in [0.05, 0.1) is 17.6 Å². The zero-order valence-electron chi connectivity index (χ0n) is 21.1. The van der Waals surface area contributed by atoms with Crippen molar-refractivity contribution < 1.29 is 28.6 Å². The lowest BCUT2D eigenvalue weighted by atomic mass is 10.1. The first-order valence-electron chi connectivity index (χ1n) is 12.2. The molecule has 0 aliphatic carbocycles. The molecule has 0 N–H and O–H groups in total. The first kappa shape index (κ1) is 26.3. The molecule has 3 aromatic rings. The van der Waals surface area contributed by atoms with E-state index in [9.17, 15) is 14.4 Å². The molecule has 1 atom stereocenters. The van der Waals surface area contributed by atoms with Gasteiger partial charge in [-0.15, -0.1) is 0 Å². The third-order valence-electron chi connectivity index (χ3n) is 5.84. The van der Waals surface area contributed by atoms with Crippen molar-refractivity contribution in [1.82, 2.24) is 4.90 Å². The molecule has 1 saturated heterocycles. The van der Waals surface area contributed by atoms with Gasteiger partial charge in [-0.3, -0.25) is 19.3 Å². The number of nitrogens with zero attached hydrogens (tertiary/aromatic N) is 1. The van der Waals surface area contributed by atoms with E-state index >= 15 is 0 Å². The molecule has 1 aliphatic heterocycles. The van der Waals surface area contributed by atoms with Gasteiger partial charge in [-0.05, 0) is 78.2 Å². The van der Waals surface area contributed by atoms with E-state index in [1.165, 1.54) is 5.39 Å². The Morgan fingerprint density at radius 2 is 1.76 bits per heavy atom. The van der Waals surface area contributed by atoms with Gasteiger partial charge in [-0.1, -0.05) is 49.4 Å². The summed E-state index contributed by atoms with van der Waals surface area (Å²) in [5, 5.41) is 1.81. The number of carbonyl (C=O) groups excluding carboxylic acids is 3. The maximum Gasteiger partial charge on any atom is 0.326 e. The number of hydrogen-bond acceptors (Lipinski definition) is 7. The average molecular weight is 520 g/mol. The number of ether oxygens (including phenoxy) is 3. The molecule has 0 bridgehead atoms. The highest BCUT2D eigenvalue weighted by Crippen LogP contribution is 2.35. The van der Waals surface area contributed by atoms with Crippen LogP contribution in [0.2, 0.25) is 0 Å². The zero-order valence-corrected chi connectivity index (χ0v) is 21.9. The summed E-state index contributed by atoms with van der Waals surface area (Å²) in [6.07, 6.45) is 1.99. The van der Waals surface area contributed by atoms with E-state index in [2.05, 4.69) is 24.3 Å². The molecular weight excluding hydrogens is 490 g/mol. The van der Waals surface area contributed by atoms with Gasteiger partial charge in [0.2, 0.25) is 0 Å². The van der Waals surface area contributed by atoms with Crippen LogP contribution in [0.4, 0.5) is 4.79 Å². The third kappa shape index (κ3) is 6.51. The maximum atomic E-state index is 12.8. The minimum absolute atomic E-state index is 0.230. The van der Waals surface area contributed by atoms with Crippen LogP contribution in [-0.2, 0) is 20.9 Å². The minimum atomic E-state index is -0.607. The van der Waals surface area contributed by atoms with E-state index in [1.807, 2.05) is 32.0 Å². The number of esters is 1. The summed E-state index contributed by atoms with van der Waals surface area (Å²) in [6, 6.07) is 19.7. The molecule has 3 aromatic carbocycles. The fourth-order valence-electron chi connectivity index (χ4n) is 3.75. The molecule has 1 heterocycles. The summed E-state index contributed by atoms with van der Waals surface area (Å²) in [5.41, 5.74) is 1.71. The topological polar surface area (TPSA) is 82.1 Å².